The standard InChI is InChI=1S/C10H9N3OS/c11-9(14)7-3-1-6(2-4-7)8-5-13-10(12)15-8/h1-5H,(H2,11,14)(H2,12,13). The van der Waals surface area contributed by atoms with Gasteiger partial charge in [-0.2, -0.15) is 0 Å². The van der Waals surface area contributed by atoms with E-state index in [9.17, 15) is 4.79 Å². The van der Waals surface area contributed by atoms with E-state index in [2.05, 4.69) is 4.98 Å². The molecular weight excluding hydrogens is 210 g/mol. The maximum atomic E-state index is 10.8. The zero-order valence-electron chi connectivity index (χ0n) is 7.81. The third kappa shape index (κ3) is 1.97. The van der Waals surface area contributed by atoms with Crippen LogP contribution in [0.25, 0.3) is 10.4 Å². The molecule has 1 aromatic heterocycles. The Morgan fingerprint density at radius 3 is 2.40 bits per heavy atom. The van der Waals surface area contributed by atoms with Crippen LogP contribution in [0.1, 0.15) is 10.4 Å². The number of nitrogens with zero attached hydrogens (tertiary/aromatic N) is 1. The Labute approximate surface area is 90.6 Å². The molecule has 0 saturated carbocycles. The van der Waals surface area contributed by atoms with Crippen LogP contribution in [0.2, 0.25) is 0 Å². The van der Waals surface area contributed by atoms with Gasteiger partial charge >= 0.3 is 0 Å². The number of hydrogen-bond acceptors (Lipinski definition) is 4. The molecule has 1 aromatic carbocycles. The van der Waals surface area contributed by atoms with Gasteiger partial charge < -0.3 is 11.5 Å². The highest BCUT2D eigenvalue weighted by Gasteiger charge is 2.03. The molecule has 4 N–H and O–H groups in total. The first-order valence-corrected chi connectivity index (χ1v) is 5.10. The molecule has 5 heteroatoms. The summed E-state index contributed by atoms with van der Waals surface area (Å²) >= 11 is 1.41. The van der Waals surface area contributed by atoms with Gasteiger partial charge in [0.25, 0.3) is 0 Å². The summed E-state index contributed by atoms with van der Waals surface area (Å²) in [6.45, 7) is 0. The van der Waals surface area contributed by atoms with Crippen molar-refractivity contribution in [2.45, 2.75) is 0 Å². The molecule has 76 valence electrons. The fourth-order valence-electron chi connectivity index (χ4n) is 1.22. The number of aromatic nitrogens is 1. The zero-order chi connectivity index (χ0) is 10.8. The zero-order valence-corrected chi connectivity index (χ0v) is 8.62. The quantitative estimate of drug-likeness (QED) is 0.802. The number of thiazole rings is 1. The van der Waals surface area contributed by atoms with Crippen molar-refractivity contribution in [3.8, 4) is 10.4 Å². The summed E-state index contributed by atoms with van der Waals surface area (Å²) in [7, 11) is 0. The highest BCUT2D eigenvalue weighted by molar-refractivity contribution is 7.18. The van der Waals surface area contributed by atoms with Crippen LogP contribution in [-0.4, -0.2) is 10.9 Å². The van der Waals surface area contributed by atoms with E-state index in [1.165, 1.54) is 11.3 Å². The third-order valence-corrected chi connectivity index (χ3v) is 2.85. The average molecular weight is 219 g/mol. The second kappa shape index (κ2) is 3.70. The lowest BCUT2D eigenvalue weighted by Crippen LogP contribution is -2.10. The average Bonchev–Trinajstić information content (AvgIpc) is 2.65. The van der Waals surface area contributed by atoms with E-state index in [4.69, 9.17) is 11.5 Å². The molecule has 4 nitrogen and oxygen atoms in total. The molecule has 0 atom stereocenters. The predicted molar refractivity (Wildman–Crippen MR) is 60.5 cm³/mol. The van der Waals surface area contributed by atoms with Gasteiger partial charge in [-0.25, -0.2) is 4.98 Å². The summed E-state index contributed by atoms with van der Waals surface area (Å²) in [5.41, 5.74) is 12.1. The van der Waals surface area contributed by atoms with Gasteiger partial charge in [-0.1, -0.05) is 23.5 Å². The minimum absolute atomic E-state index is 0.426. The molecule has 0 aliphatic carbocycles. The Morgan fingerprint density at radius 2 is 1.93 bits per heavy atom. The first-order valence-electron chi connectivity index (χ1n) is 4.28. The highest BCUT2D eigenvalue weighted by Crippen LogP contribution is 2.27. The van der Waals surface area contributed by atoms with E-state index >= 15 is 0 Å². The van der Waals surface area contributed by atoms with Gasteiger partial charge in [-0.15, -0.1) is 0 Å². The smallest absolute Gasteiger partial charge is 0.248 e. The summed E-state index contributed by atoms with van der Waals surface area (Å²) in [5.74, 6) is -0.426. The van der Waals surface area contributed by atoms with Crippen molar-refractivity contribution < 1.29 is 4.79 Å². The van der Waals surface area contributed by atoms with Crippen molar-refractivity contribution in [2.24, 2.45) is 5.73 Å². The van der Waals surface area contributed by atoms with Crippen LogP contribution in [-0.2, 0) is 0 Å². The number of anilines is 1. The molecule has 0 spiro atoms. The summed E-state index contributed by atoms with van der Waals surface area (Å²) < 4.78 is 0. The van der Waals surface area contributed by atoms with Crippen LogP contribution in [0, 0.1) is 0 Å². The van der Waals surface area contributed by atoms with Crippen LogP contribution in [0.4, 0.5) is 5.13 Å². The number of benzene rings is 1. The third-order valence-electron chi connectivity index (χ3n) is 1.98. The van der Waals surface area contributed by atoms with Gasteiger partial charge in [-0.3, -0.25) is 4.79 Å². The lowest BCUT2D eigenvalue weighted by Gasteiger charge is -1.97. The minimum atomic E-state index is -0.426. The molecule has 0 aliphatic heterocycles. The normalized spacial score (nSPS) is 10.1. The number of hydrogen-bond donors (Lipinski definition) is 2. The first kappa shape index (κ1) is 9.67. The SMILES string of the molecule is NC(=O)c1ccc(-c2cnc(N)s2)cc1. The van der Waals surface area contributed by atoms with Crippen molar-refractivity contribution in [3.05, 3.63) is 36.0 Å². The second-order valence-corrected chi connectivity index (χ2v) is 4.07. The van der Waals surface area contributed by atoms with Crippen LogP contribution in [0.15, 0.2) is 30.5 Å². The number of nitrogens with two attached hydrogens (primary N) is 2. The van der Waals surface area contributed by atoms with Crippen molar-refractivity contribution in [1.82, 2.24) is 4.98 Å². The fraction of sp³-hybridized carbons (Fsp3) is 0. The maximum Gasteiger partial charge on any atom is 0.248 e. The minimum Gasteiger partial charge on any atom is -0.375 e. The highest BCUT2D eigenvalue weighted by atomic mass is 32.1. The Bertz CT molecular complexity index is 490. The van der Waals surface area contributed by atoms with E-state index in [1.54, 1.807) is 18.3 Å². The Morgan fingerprint density at radius 1 is 1.27 bits per heavy atom. The molecule has 1 amide bonds. The van der Waals surface area contributed by atoms with Crippen LogP contribution in [0.5, 0.6) is 0 Å². The van der Waals surface area contributed by atoms with Crippen molar-refractivity contribution in [3.63, 3.8) is 0 Å². The van der Waals surface area contributed by atoms with E-state index in [0.29, 0.717) is 10.7 Å². The van der Waals surface area contributed by atoms with Crippen LogP contribution >= 0.6 is 11.3 Å². The lowest BCUT2D eigenvalue weighted by molar-refractivity contribution is 0.100. The maximum absolute atomic E-state index is 10.8. The fourth-order valence-corrected chi connectivity index (χ4v) is 1.91. The molecule has 1 heterocycles. The van der Waals surface area contributed by atoms with E-state index in [0.717, 1.165) is 10.4 Å². The largest absolute Gasteiger partial charge is 0.375 e. The number of carbonyl (C=O) groups is 1. The van der Waals surface area contributed by atoms with E-state index in [-0.39, 0.29) is 0 Å². The van der Waals surface area contributed by atoms with E-state index in [1.807, 2.05) is 12.1 Å². The van der Waals surface area contributed by atoms with Gasteiger partial charge in [-0.05, 0) is 17.7 Å². The van der Waals surface area contributed by atoms with Gasteiger partial charge in [0.05, 0.1) is 4.88 Å². The van der Waals surface area contributed by atoms with Crippen LogP contribution in [0.3, 0.4) is 0 Å². The van der Waals surface area contributed by atoms with Gasteiger partial charge in [0.15, 0.2) is 5.13 Å². The summed E-state index contributed by atoms with van der Waals surface area (Å²) in [5, 5.41) is 0.531. The van der Waals surface area contributed by atoms with Gasteiger partial charge in [0.2, 0.25) is 5.91 Å². The number of nitrogen functional groups attached to an aromatic ring is 1. The van der Waals surface area contributed by atoms with E-state index < -0.39 is 5.91 Å². The first-order chi connectivity index (χ1) is 7.16. The topological polar surface area (TPSA) is 82.0 Å². The monoisotopic (exact) mass is 219 g/mol. The molecule has 0 aliphatic rings. The number of primary amides is 1. The molecular formula is C10H9N3OS. The lowest BCUT2D eigenvalue weighted by atomic mass is 10.1. The molecule has 0 saturated heterocycles. The number of amides is 1. The predicted octanol–water partition coefficient (Wildman–Crippen LogP) is 1.49. The Balaban J connectivity index is 2.35. The molecule has 0 bridgehead atoms. The summed E-state index contributed by atoms with van der Waals surface area (Å²) in [6, 6.07) is 7.03. The summed E-state index contributed by atoms with van der Waals surface area (Å²) in [4.78, 5) is 15.8. The van der Waals surface area contributed by atoms with Crippen molar-refractivity contribution >= 4 is 22.4 Å². The van der Waals surface area contributed by atoms with Crippen molar-refractivity contribution in [1.29, 1.82) is 0 Å². The number of rotatable bonds is 2. The molecule has 2 aromatic rings. The second-order valence-electron chi connectivity index (χ2n) is 3.00. The number of carbonyl (C=O) groups excluding carboxylic acids is 1. The molecule has 0 fully saturated rings. The summed E-state index contributed by atoms with van der Waals surface area (Å²) in [6.07, 6.45) is 1.71. The Kier molecular flexibility index (Phi) is 2.39. The molecule has 0 radical (unpaired) electrons. The molecule has 2 rings (SSSR count). The van der Waals surface area contributed by atoms with Gasteiger partial charge in [0, 0.05) is 11.8 Å². The molecule has 0 unspecified atom stereocenters. The van der Waals surface area contributed by atoms with Crippen LogP contribution < -0.4 is 11.5 Å². The Hall–Kier alpha value is -1.88. The van der Waals surface area contributed by atoms with Crippen molar-refractivity contribution in [2.75, 3.05) is 5.73 Å². The van der Waals surface area contributed by atoms with Gasteiger partial charge in [0.1, 0.15) is 0 Å². The molecule has 15 heavy (non-hydrogen) atoms.